The molecule has 1 atom stereocenters. The zero-order valence-electron chi connectivity index (χ0n) is 19.2. The summed E-state index contributed by atoms with van der Waals surface area (Å²) in [6.07, 6.45) is 4.94. The minimum atomic E-state index is -1.13. The molecule has 1 saturated heterocycles. The molecule has 2 fully saturated rings. The van der Waals surface area contributed by atoms with Crippen molar-refractivity contribution < 1.29 is 24.2 Å². The summed E-state index contributed by atoms with van der Waals surface area (Å²) in [4.78, 5) is 39.2. The van der Waals surface area contributed by atoms with E-state index in [1.54, 1.807) is 4.90 Å². The number of amides is 2. The highest BCUT2D eigenvalue weighted by Crippen LogP contribution is 2.45. The van der Waals surface area contributed by atoms with E-state index in [4.69, 9.17) is 4.74 Å². The first-order valence-electron chi connectivity index (χ1n) is 12.1. The number of hydrogen-bond donors (Lipinski definition) is 2. The number of carbonyl (C=O) groups excluding carboxylic acids is 2. The Morgan fingerprint density at radius 2 is 1.59 bits per heavy atom. The lowest BCUT2D eigenvalue weighted by molar-refractivity contribution is -0.155. The van der Waals surface area contributed by atoms with Crippen LogP contribution in [0.4, 0.5) is 4.79 Å². The van der Waals surface area contributed by atoms with Crippen LogP contribution in [0, 0.1) is 0 Å². The second kappa shape index (κ2) is 9.12. The monoisotopic (exact) mass is 462 g/mol. The Bertz CT molecular complexity index is 1060. The summed E-state index contributed by atoms with van der Waals surface area (Å²) in [5.41, 5.74) is 4.28. The molecule has 2 aromatic rings. The van der Waals surface area contributed by atoms with Gasteiger partial charge in [-0.25, -0.2) is 4.79 Å². The second-order valence-corrected chi connectivity index (χ2v) is 9.65. The number of rotatable bonds is 6. The summed E-state index contributed by atoms with van der Waals surface area (Å²) in [5.74, 6) is -1.55. The molecule has 1 heterocycles. The molecule has 34 heavy (non-hydrogen) atoms. The van der Waals surface area contributed by atoms with Crippen molar-refractivity contribution in [3.63, 3.8) is 0 Å². The molecule has 1 saturated carbocycles. The zero-order chi connectivity index (χ0) is 23.7. The first kappa shape index (κ1) is 22.4. The SMILES string of the molecule is O=C(O)CC(NC(=O)OCC1c2ccccc2-c2ccccc21)C(=O)N1CCC12CCCCC2. The first-order valence-corrected chi connectivity index (χ1v) is 12.1. The van der Waals surface area contributed by atoms with E-state index in [0.29, 0.717) is 6.54 Å². The molecule has 0 radical (unpaired) electrons. The number of fused-ring (bicyclic) bond motifs is 3. The standard InChI is InChI=1S/C27H30N2O5/c30-24(31)16-23(25(32)29-15-14-27(29)12-6-1-7-13-27)28-26(33)34-17-22-20-10-4-2-8-18(20)19-9-3-5-11-21(19)22/h2-5,8-11,22-23H,1,6-7,12-17H2,(H,28,33)(H,30,31). The number of carboxylic acids is 1. The number of alkyl carbamates (subject to hydrolysis) is 1. The summed E-state index contributed by atoms with van der Waals surface area (Å²) in [6, 6.07) is 15.0. The molecule has 0 aromatic heterocycles. The maximum atomic E-state index is 13.2. The normalized spacial score (nSPS) is 19.0. The predicted octanol–water partition coefficient (Wildman–Crippen LogP) is 4.30. The van der Waals surface area contributed by atoms with E-state index in [0.717, 1.165) is 54.4 Å². The third-order valence-electron chi connectivity index (χ3n) is 7.74. The summed E-state index contributed by atoms with van der Waals surface area (Å²) < 4.78 is 5.56. The lowest BCUT2D eigenvalue weighted by Gasteiger charge is -2.55. The highest BCUT2D eigenvalue weighted by Gasteiger charge is 2.49. The molecular formula is C27H30N2O5. The van der Waals surface area contributed by atoms with Gasteiger partial charge in [0.25, 0.3) is 0 Å². The van der Waals surface area contributed by atoms with E-state index in [2.05, 4.69) is 17.4 Å². The van der Waals surface area contributed by atoms with Crippen LogP contribution in [0.15, 0.2) is 48.5 Å². The molecule has 2 aliphatic carbocycles. The smallest absolute Gasteiger partial charge is 0.407 e. The maximum absolute atomic E-state index is 13.2. The lowest BCUT2D eigenvalue weighted by Crippen LogP contribution is -2.66. The minimum Gasteiger partial charge on any atom is -0.481 e. The summed E-state index contributed by atoms with van der Waals surface area (Å²) in [6.45, 7) is 0.725. The highest BCUT2D eigenvalue weighted by atomic mass is 16.5. The molecule has 3 aliphatic rings. The van der Waals surface area contributed by atoms with E-state index >= 15 is 0 Å². The van der Waals surface area contributed by atoms with Crippen molar-refractivity contribution in [2.75, 3.05) is 13.2 Å². The van der Waals surface area contributed by atoms with Crippen molar-refractivity contribution in [2.45, 2.75) is 62.4 Å². The number of carboxylic acid groups (broad SMARTS) is 1. The van der Waals surface area contributed by atoms with Gasteiger partial charge in [0.05, 0.1) is 6.42 Å². The molecule has 1 unspecified atom stereocenters. The topological polar surface area (TPSA) is 95.9 Å². The molecule has 7 heteroatoms. The van der Waals surface area contributed by atoms with Gasteiger partial charge in [-0.1, -0.05) is 67.8 Å². The molecule has 1 aliphatic heterocycles. The van der Waals surface area contributed by atoms with Gasteiger partial charge in [-0.15, -0.1) is 0 Å². The summed E-state index contributed by atoms with van der Waals surface area (Å²) in [5, 5.41) is 11.9. The van der Waals surface area contributed by atoms with Gasteiger partial charge in [0.15, 0.2) is 0 Å². The maximum Gasteiger partial charge on any atom is 0.407 e. The van der Waals surface area contributed by atoms with Gasteiger partial charge in [0.2, 0.25) is 5.91 Å². The van der Waals surface area contributed by atoms with Gasteiger partial charge in [-0.3, -0.25) is 9.59 Å². The third kappa shape index (κ3) is 4.04. The van der Waals surface area contributed by atoms with Crippen LogP contribution in [0.2, 0.25) is 0 Å². The molecule has 2 aromatic carbocycles. The van der Waals surface area contributed by atoms with E-state index in [1.165, 1.54) is 6.42 Å². The number of nitrogens with one attached hydrogen (secondary N) is 1. The van der Waals surface area contributed by atoms with Crippen molar-refractivity contribution in [2.24, 2.45) is 0 Å². The van der Waals surface area contributed by atoms with Gasteiger partial charge in [-0.05, 0) is 41.5 Å². The molecule has 0 bridgehead atoms. The third-order valence-corrected chi connectivity index (χ3v) is 7.74. The summed E-state index contributed by atoms with van der Waals surface area (Å²) >= 11 is 0. The van der Waals surface area contributed by atoms with Crippen molar-refractivity contribution in [1.29, 1.82) is 0 Å². The van der Waals surface area contributed by atoms with E-state index in [9.17, 15) is 19.5 Å². The molecular weight excluding hydrogens is 432 g/mol. The Labute approximate surface area is 199 Å². The van der Waals surface area contributed by atoms with Crippen LogP contribution in [0.25, 0.3) is 11.1 Å². The Morgan fingerprint density at radius 3 is 2.15 bits per heavy atom. The van der Waals surface area contributed by atoms with Crippen molar-refractivity contribution in [3.05, 3.63) is 59.7 Å². The van der Waals surface area contributed by atoms with Gasteiger partial charge < -0.3 is 20.1 Å². The fourth-order valence-electron chi connectivity index (χ4n) is 5.96. The average Bonchev–Trinajstić information content (AvgIpc) is 3.15. The highest BCUT2D eigenvalue weighted by molar-refractivity contribution is 5.90. The predicted molar refractivity (Wildman–Crippen MR) is 126 cm³/mol. The molecule has 2 N–H and O–H groups in total. The average molecular weight is 463 g/mol. The van der Waals surface area contributed by atoms with Gasteiger partial charge >= 0.3 is 12.1 Å². The Kier molecular flexibility index (Phi) is 6.02. The minimum absolute atomic E-state index is 0.104. The van der Waals surface area contributed by atoms with Crippen LogP contribution in [-0.4, -0.2) is 52.7 Å². The Balaban J connectivity index is 1.26. The number of benzene rings is 2. The molecule has 7 nitrogen and oxygen atoms in total. The number of carbonyl (C=O) groups is 3. The van der Waals surface area contributed by atoms with Crippen molar-refractivity contribution in [3.8, 4) is 11.1 Å². The zero-order valence-corrected chi connectivity index (χ0v) is 19.2. The summed E-state index contributed by atoms with van der Waals surface area (Å²) in [7, 11) is 0. The van der Waals surface area contributed by atoms with Gasteiger partial charge in [-0.2, -0.15) is 0 Å². The van der Waals surface area contributed by atoms with E-state index < -0.39 is 24.5 Å². The van der Waals surface area contributed by atoms with E-state index in [1.807, 2.05) is 36.4 Å². The fraction of sp³-hybridized carbons (Fsp3) is 0.444. The lowest BCUT2D eigenvalue weighted by atomic mass is 9.72. The number of hydrogen-bond acceptors (Lipinski definition) is 4. The molecule has 5 rings (SSSR count). The van der Waals surface area contributed by atoms with Gasteiger partial charge in [0, 0.05) is 18.0 Å². The van der Waals surface area contributed by atoms with Crippen LogP contribution in [-0.2, 0) is 14.3 Å². The Hall–Kier alpha value is -3.35. The van der Waals surface area contributed by atoms with Crippen LogP contribution in [0.1, 0.15) is 62.0 Å². The van der Waals surface area contributed by atoms with Crippen molar-refractivity contribution >= 4 is 18.0 Å². The van der Waals surface area contributed by atoms with Crippen molar-refractivity contribution in [1.82, 2.24) is 10.2 Å². The quantitative estimate of drug-likeness (QED) is 0.667. The molecule has 2 amide bonds. The Morgan fingerprint density at radius 1 is 0.971 bits per heavy atom. The second-order valence-electron chi connectivity index (χ2n) is 9.65. The van der Waals surface area contributed by atoms with E-state index in [-0.39, 0.29) is 24.0 Å². The van der Waals surface area contributed by atoms with Crippen LogP contribution in [0.3, 0.4) is 0 Å². The fourth-order valence-corrected chi connectivity index (χ4v) is 5.96. The van der Waals surface area contributed by atoms with Crippen LogP contribution < -0.4 is 5.32 Å². The van der Waals surface area contributed by atoms with Gasteiger partial charge in [0.1, 0.15) is 12.6 Å². The first-order chi connectivity index (χ1) is 16.5. The molecule has 178 valence electrons. The van der Waals surface area contributed by atoms with Crippen LogP contribution in [0.5, 0.6) is 0 Å². The number of ether oxygens (including phenoxy) is 1. The molecule has 1 spiro atoms. The number of nitrogens with zero attached hydrogens (tertiary/aromatic N) is 1. The number of likely N-dealkylation sites (tertiary alicyclic amines) is 1. The largest absolute Gasteiger partial charge is 0.481 e. The van der Waals surface area contributed by atoms with Crippen LogP contribution >= 0.6 is 0 Å². The number of aliphatic carboxylic acids is 1.